The molecular formula is C19H22N6O2S2. The molecule has 2 aliphatic rings. The Balaban J connectivity index is 1.54. The van der Waals surface area contributed by atoms with Gasteiger partial charge in [0, 0.05) is 17.7 Å². The fourth-order valence-electron chi connectivity index (χ4n) is 3.87. The number of thiophene rings is 1. The summed E-state index contributed by atoms with van der Waals surface area (Å²) in [5.41, 5.74) is 6.94. The monoisotopic (exact) mass is 430 g/mol. The Labute approximate surface area is 175 Å². The third kappa shape index (κ3) is 3.48. The molecule has 0 unspecified atom stereocenters. The molecule has 0 aliphatic heterocycles. The van der Waals surface area contributed by atoms with Crippen LogP contribution >= 0.6 is 23.1 Å². The molecule has 0 bridgehead atoms. The normalized spacial score (nSPS) is 18.8. The molecule has 3 aromatic heterocycles. The van der Waals surface area contributed by atoms with Crippen LogP contribution in [0.3, 0.4) is 0 Å². The summed E-state index contributed by atoms with van der Waals surface area (Å²) in [7, 11) is 0. The minimum absolute atomic E-state index is 0.141. The van der Waals surface area contributed by atoms with Crippen LogP contribution in [0, 0.1) is 5.92 Å². The maximum Gasteiger partial charge on any atom is 0.248 e. The second-order valence-electron chi connectivity index (χ2n) is 7.94. The molecule has 1 saturated carbocycles. The Kier molecular flexibility index (Phi) is 4.70. The van der Waals surface area contributed by atoms with Crippen molar-refractivity contribution < 1.29 is 9.59 Å². The maximum atomic E-state index is 12.0. The number of nitrogens with zero attached hydrogens (tertiary/aromatic N) is 4. The van der Waals surface area contributed by atoms with Crippen molar-refractivity contribution in [2.24, 2.45) is 5.92 Å². The van der Waals surface area contributed by atoms with Crippen molar-refractivity contribution in [3.8, 4) is 0 Å². The average molecular weight is 431 g/mol. The number of thioether (sulfide) groups is 1. The van der Waals surface area contributed by atoms with E-state index >= 15 is 0 Å². The number of fused-ring (bicyclic) bond motifs is 5. The topological polar surface area (TPSA) is 101 Å². The number of aryl methyl sites for hydroxylation is 1. The van der Waals surface area contributed by atoms with E-state index in [4.69, 9.17) is 4.98 Å². The molecule has 2 aliphatic carbocycles. The number of amides is 2. The first-order chi connectivity index (χ1) is 14.0. The van der Waals surface area contributed by atoms with Gasteiger partial charge in [-0.15, -0.1) is 21.5 Å². The van der Waals surface area contributed by atoms with Crippen LogP contribution in [-0.2, 0) is 22.4 Å². The highest BCUT2D eigenvalue weighted by Crippen LogP contribution is 2.44. The van der Waals surface area contributed by atoms with Crippen LogP contribution in [0.1, 0.15) is 55.3 Å². The minimum atomic E-state index is -0.310. The lowest BCUT2D eigenvalue weighted by atomic mass is 9.89. The molecule has 1 fully saturated rings. The second-order valence-corrected chi connectivity index (χ2v) is 9.96. The Morgan fingerprint density at radius 3 is 2.83 bits per heavy atom. The number of aromatic nitrogens is 4. The molecule has 0 radical (unpaired) electrons. The van der Waals surface area contributed by atoms with Gasteiger partial charge in [-0.2, -0.15) is 0 Å². The van der Waals surface area contributed by atoms with E-state index in [0.29, 0.717) is 17.0 Å². The van der Waals surface area contributed by atoms with Gasteiger partial charge in [-0.3, -0.25) is 24.8 Å². The van der Waals surface area contributed by atoms with E-state index in [1.54, 1.807) is 0 Å². The zero-order valence-corrected chi connectivity index (χ0v) is 18.0. The summed E-state index contributed by atoms with van der Waals surface area (Å²) in [6.07, 6.45) is 5.61. The predicted octanol–water partition coefficient (Wildman–Crippen LogP) is 2.60. The van der Waals surface area contributed by atoms with Crippen molar-refractivity contribution in [3.63, 3.8) is 0 Å². The number of hydrogen-bond donors (Lipinski definition) is 2. The maximum absolute atomic E-state index is 12.0. The lowest BCUT2D eigenvalue weighted by molar-refractivity contribution is -0.126. The zero-order chi connectivity index (χ0) is 20.1. The molecule has 2 amide bonds. The smallest absolute Gasteiger partial charge is 0.248 e. The number of carbonyl (C=O) groups is 2. The van der Waals surface area contributed by atoms with Crippen LogP contribution in [0.4, 0.5) is 0 Å². The molecule has 5 rings (SSSR count). The van der Waals surface area contributed by atoms with Crippen LogP contribution in [-0.4, -0.2) is 37.1 Å². The summed E-state index contributed by atoms with van der Waals surface area (Å²) >= 11 is 3.13. The second kappa shape index (κ2) is 7.24. The minimum Gasteiger partial charge on any atom is -0.274 e. The van der Waals surface area contributed by atoms with Gasteiger partial charge < -0.3 is 0 Å². The number of carbonyl (C=O) groups excluding carboxylic acids is 2. The first-order valence-electron chi connectivity index (χ1n) is 9.88. The molecule has 8 nitrogen and oxygen atoms in total. The Hall–Kier alpha value is -2.20. The van der Waals surface area contributed by atoms with E-state index in [-0.39, 0.29) is 17.6 Å². The van der Waals surface area contributed by atoms with Gasteiger partial charge in [0.1, 0.15) is 10.7 Å². The van der Waals surface area contributed by atoms with Crippen LogP contribution < -0.4 is 10.9 Å². The van der Waals surface area contributed by atoms with Crippen molar-refractivity contribution in [1.82, 2.24) is 30.4 Å². The van der Waals surface area contributed by atoms with Crippen LogP contribution in [0.25, 0.3) is 15.9 Å². The zero-order valence-electron chi connectivity index (χ0n) is 16.3. The molecule has 29 heavy (non-hydrogen) atoms. The van der Waals surface area contributed by atoms with Gasteiger partial charge in [-0.05, 0) is 43.6 Å². The van der Waals surface area contributed by atoms with Crippen molar-refractivity contribution >= 4 is 50.8 Å². The molecule has 10 heteroatoms. The number of hydrogen-bond acceptors (Lipinski definition) is 7. The summed E-state index contributed by atoms with van der Waals surface area (Å²) in [5.74, 6) is 1.70. The summed E-state index contributed by atoms with van der Waals surface area (Å²) in [6.45, 7) is 3.66. The summed E-state index contributed by atoms with van der Waals surface area (Å²) in [6, 6.07) is 0. The Bertz CT molecular complexity index is 1130. The van der Waals surface area contributed by atoms with E-state index < -0.39 is 0 Å². The van der Waals surface area contributed by atoms with Gasteiger partial charge in [0.2, 0.25) is 11.8 Å². The number of hydrazine groups is 1. The van der Waals surface area contributed by atoms with E-state index in [9.17, 15) is 9.59 Å². The summed E-state index contributed by atoms with van der Waals surface area (Å²) in [4.78, 5) is 30.5. The predicted molar refractivity (Wildman–Crippen MR) is 112 cm³/mol. The molecule has 152 valence electrons. The fraction of sp³-hybridized carbons (Fsp3) is 0.526. The molecule has 0 aromatic carbocycles. The molecular weight excluding hydrogens is 408 g/mol. The van der Waals surface area contributed by atoms with Crippen molar-refractivity contribution in [2.45, 2.75) is 57.0 Å². The largest absolute Gasteiger partial charge is 0.274 e. The quantitative estimate of drug-likeness (QED) is 0.487. The van der Waals surface area contributed by atoms with Crippen LogP contribution in [0.2, 0.25) is 0 Å². The fourth-order valence-corrected chi connectivity index (χ4v) is 6.00. The van der Waals surface area contributed by atoms with E-state index in [0.717, 1.165) is 47.4 Å². The SMILES string of the molecule is CC(=O)NNC(=O)CSc1nnc2c3c4c(sc3nc(C3CC3)n12)C[C@H](C)CC4. The van der Waals surface area contributed by atoms with Gasteiger partial charge in [-0.1, -0.05) is 18.7 Å². The van der Waals surface area contributed by atoms with E-state index in [1.165, 1.54) is 35.5 Å². The molecule has 0 spiro atoms. The molecule has 1 atom stereocenters. The highest BCUT2D eigenvalue weighted by atomic mass is 32.2. The van der Waals surface area contributed by atoms with E-state index in [2.05, 4.69) is 32.4 Å². The van der Waals surface area contributed by atoms with Crippen LogP contribution in [0.5, 0.6) is 0 Å². The molecule has 3 aromatic rings. The van der Waals surface area contributed by atoms with Gasteiger partial charge >= 0.3 is 0 Å². The standard InChI is InChI=1S/C19H22N6O2S2/c1-9-3-6-12-13(7-9)29-18-15(12)17-23-24-19(25(17)16(20-18)11-4-5-11)28-8-14(27)22-21-10(2)26/h9,11H,3-8H2,1-2H3,(H,21,26)(H,22,27)/t9-/m1/s1. The molecule has 3 heterocycles. The first-order valence-corrected chi connectivity index (χ1v) is 11.7. The van der Waals surface area contributed by atoms with Crippen LogP contribution in [0.15, 0.2) is 5.16 Å². The van der Waals surface area contributed by atoms with Crippen molar-refractivity contribution in [3.05, 3.63) is 16.3 Å². The van der Waals surface area contributed by atoms with Gasteiger partial charge in [-0.25, -0.2) is 4.98 Å². The first kappa shape index (κ1) is 18.8. The average Bonchev–Trinajstić information content (AvgIpc) is 3.34. The van der Waals surface area contributed by atoms with Gasteiger partial charge in [0.15, 0.2) is 10.8 Å². The lowest BCUT2D eigenvalue weighted by Gasteiger charge is -2.17. The number of rotatable bonds is 4. The number of nitrogens with one attached hydrogen (secondary N) is 2. The molecule has 0 saturated heterocycles. The Morgan fingerprint density at radius 2 is 2.07 bits per heavy atom. The van der Waals surface area contributed by atoms with Gasteiger partial charge in [0.05, 0.1) is 11.1 Å². The Morgan fingerprint density at radius 1 is 1.24 bits per heavy atom. The van der Waals surface area contributed by atoms with Crippen molar-refractivity contribution in [2.75, 3.05) is 5.75 Å². The van der Waals surface area contributed by atoms with Crippen molar-refractivity contribution in [1.29, 1.82) is 0 Å². The highest BCUT2D eigenvalue weighted by Gasteiger charge is 2.32. The summed E-state index contributed by atoms with van der Waals surface area (Å²) < 4.78 is 2.06. The third-order valence-corrected chi connectivity index (χ3v) is 7.53. The third-order valence-electron chi connectivity index (χ3n) is 5.45. The van der Waals surface area contributed by atoms with E-state index in [1.807, 2.05) is 11.3 Å². The molecule has 2 N–H and O–H groups in total. The lowest BCUT2D eigenvalue weighted by Crippen LogP contribution is -2.41. The summed E-state index contributed by atoms with van der Waals surface area (Å²) in [5, 5.41) is 10.7. The van der Waals surface area contributed by atoms with Gasteiger partial charge in [0.25, 0.3) is 0 Å². The highest BCUT2D eigenvalue weighted by molar-refractivity contribution is 7.99.